The van der Waals surface area contributed by atoms with Crippen molar-refractivity contribution in [2.45, 2.75) is 12.8 Å². The monoisotopic (exact) mass is 162 g/mol. The van der Waals surface area contributed by atoms with Crippen LogP contribution in [0.15, 0.2) is 29.0 Å². The number of nitrogens with one attached hydrogen (secondary N) is 1. The first-order valence-electron chi connectivity index (χ1n) is 4.08. The lowest BCUT2D eigenvalue weighted by Gasteiger charge is -2.01. The largest absolute Gasteiger partial charge is 0.292 e. The third kappa shape index (κ3) is 1.44. The topological polar surface area (TPSA) is 41.5 Å². The molecule has 0 aromatic heterocycles. The summed E-state index contributed by atoms with van der Waals surface area (Å²) in [5.41, 5.74) is 3.33. The molecule has 0 unspecified atom stereocenters. The van der Waals surface area contributed by atoms with Crippen molar-refractivity contribution in [3.05, 3.63) is 23.9 Å². The van der Waals surface area contributed by atoms with Crippen molar-refractivity contribution >= 4 is 12.0 Å². The molecule has 3 heteroatoms. The summed E-state index contributed by atoms with van der Waals surface area (Å²) in [6.07, 6.45) is 9.08. The second-order valence-corrected chi connectivity index (χ2v) is 2.99. The first kappa shape index (κ1) is 7.28. The Kier molecular flexibility index (Phi) is 1.78. The average Bonchev–Trinajstić information content (AvgIpc) is 2.92. The van der Waals surface area contributed by atoms with Gasteiger partial charge < -0.3 is 0 Å². The van der Waals surface area contributed by atoms with E-state index in [1.165, 1.54) is 0 Å². The minimum atomic E-state index is 0.193. The Morgan fingerprint density at radius 2 is 2.33 bits per heavy atom. The highest BCUT2D eigenvalue weighted by molar-refractivity contribution is 5.98. The van der Waals surface area contributed by atoms with Crippen LogP contribution in [0.1, 0.15) is 12.8 Å². The molecule has 62 valence electrons. The maximum Gasteiger partial charge on any atom is 0.183 e. The number of hydrazone groups is 1. The molecule has 0 radical (unpaired) electrons. The van der Waals surface area contributed by atoms with Gasteiger partial charge in [0.2, 0.25) is 0 Å². The molecule has 0 aromatic carbocycles. The van der Waals surface area contributed by atoms with E-state index in [0.717, 1.165) is 12.8 Å². The van der Waals surface area contributed by atoms with Crippen LogP contribution >= 0.6 is 0 Å². The molecule has 0 aromatic rings. The van der Waals surface area contributed by atoms with Gasteiger partial charge in [-0.3, -0.25) is 10.2 Å². The summed E-state index contributed by atoms with van der Waals surface area (Å²) in [6, 6.07) is 0. The zero-order valence-corrected chi connectivity index (χ0v) is 6.66. The van der Waals surface area contributed by atoms with Gasteiger partial charge in [0.15, 0.2) is 5.78 Å². The van der Waals surface area contributed by atoms with Gasteiger partial charge in [0.25, 0.3) is 0 Å². The van der Waals surface area contributed by atoms with Crippen molar-refractivity contribution in [3.8, 4) is 0 Å². The van der Waals surface area contributed by atoms with E-state index in [9.17, 15) is 4.79 Å². The molecule has 0 spiro atoms. The van der Waals surface area contributed by atoms with Crippen molar-refractivity contribution in [1.29, 1.82) is 0 Å². The van der Waals surface area contributed by atoms with E-state index in [0.29, 0.717) is 5.70 Å². The third-order valence-corrected chi connectivity index (χ3v) is 1.93. The van der Waals surface area contributed by atoms with Gasteiger partial charge in [-0.15, -0.1) is 0 Å². The highest BCUT2D eigenvalue weighted by Gasteiger charge is 2.31. The molecular formula is C9H10N2O. The van der Waals surface area contributed by atoms with Crippen LogP contribution in [-0.2, 0) is 4.79 Å². The molecule has 0 amide bonds. The lowest BCUT2D eigenvalue weighted by Crippen LogP contribution is -2.16. The molecular weight excluding hydrogens is 152 g/mol. The Morgan fingerprint density at radius 1 is 1.50 bits per heavy atom. The fraction of sp³-hybridized carbons (Fsp3) is 0.333. The second-order valence-electron chi connectivity index (χ2n) is 2.99. The first-order chi connectivity index (χ1) is 5.88. The van der Waals surface area contributed by atoms with Gasteiger partial charge in [-0.25, -0.2) is 0 Å². The van der Waals surface area contributed by atoms with E-state index < -0.39 is 0 Å². The van der Waals surface area contributed by atoms with Crippen LogP contribution in [0.3, 0.4) is 0 Å². The number of hydrogen-bond acceptors (Lipinski definition) is 3. The predicted molar refractivity (Wildman–Crippen MR) is 46.6 cm³/mol. The van der Waals surface area contributed by atoms with E-state index in [1.54, 1.807) is 18.4 Å². The maximum absolute atomic E-state index is 11.5. The van der Waals surface area contributed by atoms with E-state index in [-0.39, 0.29) is 11.7 Å². The average molecular weight is 162 g/mol. The number of rotatable bonds is 2. The Morgan fingerprint density at radius 3 is 3.08 bits per heavy atom. The Bertz CT molecular complexity index is 285. The zero-order chi connectivity index (χ0) is 8.39. The van der Waals surface area contributed by atoms with Gasteiger partial charge in [0, 0.05) is 12.1 Å². The fourth-order valence-corrected chi connectivity index (χ4v) is 1.09. The van der Waals surface area contributed by atoms with E-state index in [2.05, 4.69) is 10.5 Å². The fourth-order valence-electron chi connectivity index (χ4n) is 1.09. The number of hydrogen-bond donors (Lipinski definition) is 1. The molecule has 1 N–H and O–H groups in total. The van der Waals surface area contributed by atoms with Crippen molar-refractivity contribution in [2.75, 3.05) is 0 Å². The van der Waals surface area contributed by atoms with Crippen LogP contribution in [0.5, 0.6) is 0 Å². The quantitative estimate of drug-likeness (QED) is 0.658. The summed E-state index contributed by atoms with van der Waals surface area (Å²) in [5, 5.41) is 3.83. The SMILES string of the molecule is O=C(C1=CC=CC=NN1)C1CC1. The number of carbonyl (C=O) groups is 1. The Balaban J connectivity index is 2.11. The minimum Gasteiger partial charge on any atom is -0.292 e. The minimum absolute atomic E-state index is 0.193. The van der Waals surface area contributed by atoms with Crippen LogP contribution in [0, 0.1) is 5.92 Å². The molecule has 0 atom stereocenters. The van der Waals surface area contributed by atoms with E-state index >= 15 is 0 Å². The van der Waals surface area contributed by atoms with Gasteiger partial charge in [-0.2, -0.15) is 5.10 Å². The summed E-state index contributed by atoms with van der Waals surface area (Å²) in [6.45, 7) is 0. The standard InChI is InChI=1S/C9H10N2O/c12-9(7-4-5-7)8-3-1-2-6-10-11-8/h1-3,6-7,11H,4-5H2. The van der Waals surface area contributed by atoms with Gasteiger partial charge >= 0.3 is 0 Å². The van der Waals surface area contributed by atoms with Gasteiger partial charge in [0.1, 0.15) is 0 Å². The van der Waals surface area contributed by atoms with Crippen LogP contribution in [-0.4, -0.2) is 12.0 Å². The molecule has 12 heavy (non-hydrogen) atoms. The van der Waals surface area contributed by atoms with Crippen molar-refractivity contribution in [2.24, 2.45) is 11.0 Å². The summed E-state index contributed by atoms with van der Waals surface area (Å²) < 4.78 is 0. The number of ketones is 1. The smallest absolute Gasteiger partial charge is 0.183 e. The van der Waals surface area contributed by atoms with Gasteiger partial charge in [0.05, 0.1) is 5.70 Å². The number of Topliss-reactive ketones (excluding diaryl/α,β-unsaturated/α-hetero) is 1. The van der Waals surface area contributed by atoms with Crippen molar-refractivity contribution in [1.82, 2.24) is 5.43 Å². The van der Waals surface area contributed by atoms with E-state index in [1.807, 2.05) is 6.08 Å². The molecule has 0 saturated heterocycles. The lowest BCUT2D eigenvalue weighted by atomic mass is 10.2. The Hall–Kier alpha value is -1.38. The maximum atomic E-state index is 11.5. The molecule has 1 saturated carbocycles. The third-order valence-electron chi connectivity index (χ3n) is 1.93. The number of carbonyl (C=O) groups excluding carboxylic acids is 1. The first-order valence-corrected chi connectivity index (χ1v) is 4.08. The Labute approximate surface area is 70.8 Å². The molecule has 1 aliphatic carbocycles. The van der Waals surface area contributed by atoms with Crippen LogP contribution in [0.25, 0.3) is 0 Å². The molecule has 0 bridgehead atoms. The van der Waals surface area contributed by atoms with Crippen LogP contribution in [0.4, 0.5) is 0 Å². The number of nitrogens with zero attached hydrogens (tertiary/aromatic N) is 1. The summed E-state index contributed by atoms with van der Waals surface area (Å²) >= 11 is 0. The predicted octanol–water partition coefficient (Wildman–Crippen LogP) is 0.995. The van der Waals surface area contributed by atoms with Crippen LogP contribution in [0.2, 0.25) is 0 Å². The summed E-state index contributed by atoms with van der Waals surface area (Å²) in [7, 11) is 0. The molecule has 2 rings (SSSR count). The van der Waals surface area contributed by atoms with Gasteiger partial charge in [-0.1, -0.05) is 6.08 Å². The number of allylic oxidation sites excluding steroid dienone is 4. The van der Waals surface area contributed by atoms with Crippen molar-refractivity contribution < 1.29 is 4.79 Å². The lowest BCUT2D eigenvalue weighted by molar-refractivity contribution is -0.117. The molecule has 3 nitrogen and oxygen atoms in total. The highest BCUT2D eigenvalue weighted by Crippen LogP contribution is 2.31. The molecule has 2 aliphatic rings. The normalized spacial score (nSPS) is 21.2. The zero-order valence-electron chi connectivity index (χ0n) is 6.66. The van der Waals surface area contributed by atoms with Gasteiger partial charge in [-0.05, 0) is 25.0 Å². The highest BCUT2D eigenvalue weighted by atomic mass is 16.1. The molecule has 1 fully saturated rings. The summed E-state index contributed by atoms with van der Waals surface area (Å²) in [4.78, 5) is 11.5. The summed E-state index contributed by atoms with van der Waals surface area (Å²) in [5.74, 6) is 0.448. The molecule has 1 aliphatic heterocycles. The molecule has 1 heterocycles. The van der Waals surface area contributed by atoms with Crippen molar-refractivity contribution in [3.63, 3.8) is 0 Å². The second kappa shape index (κ2) is 2.93. The van der Waals surface area contributed by atoms with Crippen LogP contribution < -0.4 is 5.43 Å². The van der Waals surface area contributed by atoms with E-state index in [4.69, 9.17) is 0 Å².